The lowest BCUT2D eigenvalue weighted by Gasteiger charge is -2.31. The largest absolute Gasteiger partial charge is 0.335 e. The van der Waals surface area contributed by atoms with Gasteiger partial charge in [0.2, 0.25) is 11.8 Å². The molecule has 1 aromatic carbocycles. The van der Waals surface area contributed by atoms with Crippen LogP contribution in [0.15, 0.2) is 18.2 Å². The molecular formula is C22H25N3O4. The molecule has 1 N–H and O–H groups in total. The van der Waals surface area contributed by atoms with Crippen LogP contribution in [0.2, 0.25) is 0 Å². The minimum Gasteiger partial charge on any atom is -0.335 e. The molecule has 7 heteroatoms. The van der Waals surface area contributed by atoms with Gasteiger partial charge >= 0.3 is 0 Å². The number of hydrogen-bond donors (Lipinski definition) is 1. The third kappa shape index (κ3) is 3.03. The summed E-state index contributed by atoms with van der Waals surface area (Å²) in [6.07, 6.45) is 6.36. The van der Waals surface area contributed by atoms with Gasteiger partial charge in [0.15, 0.2) is 0 Å². The highest BCUT2D eigenvalue weighted by Gasteiger charge is 2.41. The zero-order valence-electron chi connectivity index (χ0n) is 16.4. The van der Waals surface area contributed by atoms with E-state index in [1.54, 1.807) is 12.1 Å². The molecule has 4 amide bonds. The number of benzene rings is 1. The van der Waals surface area contributed by atoms with E-state index in [1.807, 2.05) is 11.0 Å². The van der Waals surface area contributed by atoms with E-state index in [1.165, 1.54) is 24.2 Å². The zero-order chi connectivity index (χ0) is 20.1. The monoisotopic (exact) mass is 395 g/mol. The van der Waals surface area contributed by atoms with Gasteiger partial charge in [-0.25, -0.2) is 0 Å². The Hall–Kier alpha value is -2.70. The second-order valence-corrected chi connectivity index (χ2v) is 8.67. The Bertz CT molecular complexity index is 911. The number of hydrogen-bond acceptors (Lipinski definition) is 4. The van der Waals surface area contributed by atoms with E-state index in [4.69, 9.17) is 0 Å². The van der Waals surface area contributed by atoms with E-state index in [9.17, 15) is 19.2 Å². The number of nitrogens with zero attached hydrogens (tertiary/aromatic N) is 2. The summed E-state index contributed by atoms with van der Waals surface area (Å²) >= 11 is 0. The van der Waals surface area contributed by atoms with Crippen molar-refractivity contribution in [3.8, 4) is 0 Å². The van der Waals surface area contributed by atoms with E-state index in [0.717, 1.165) is 24.9 Å². The van der Waals surface area contributed by atoms with Gasteiger partial charge in [0.1, 0.15) is 6.04 Å². The molecule has 29 heavy (non-hydrogen) atoms. The number of imide groups is 1. The predicted molar refractivity (Wildman–Crippen MR) is 104 cm³/mol. The first-order valence-corrected chi connectivity index (χ1v) is 10.6. The van der Waals surface area contributed by atoms with Crippen LogP contribution in [-0.4, -0.2) is 52.1 Å². The maximum Gasteiger partial charge on any atom is 0.255 e. The standard InChI is InChI=1S/C22H25N3O4/c26-19-8-7-18(20(27)23-19)25-12-15-6-5-14(11-16(15)22(25)29)21(28)24-10-9-13-3-1-2-4-17(13)24/h5-6,11,13,17-18H,1-4,7-10,12H2,(H,23,26,27)/t13-,17-,18?/m0/s1. The fraction of sp³-hybridized carbons (Fsp3) is 0.545. The quantitative estimate of drug-likeness (QED) is 0.775. The van der Waals surface area contributed by atoms with Crippen molar-refractivity contribution in [1.82, 2.24) is 15.1 Å². The van der Waals surface area contributed by atoms with E-state index in [-0.39, 0.29) is 24.1 Å². The Morgan fingerprint density at radius 2 is 1.86 bits per heavy atom. The Morgan fingerprint density at radius 3 is 2.69 bits per heavy atom. The predicted octanol–water partition coefficient (Wildman–Crippen LogP) is 1.85. The van der Waals surface area contributed by atoms with Crippen LogP contribution >= 0.6 is 0 Å². The summed E-state index contributed by atoms with van der Waals surface area (Å²) in [4.78, 5) is 53.3. The van der Waals surface area contributed by atoms with Gasteiger partial charge in [0, 0.05) is 36.7 Å². The number of nitrogens with one attached hydrogen (secondary N) is 1. The van der Waals surface area contributed by atoms with Gasteiger partial charge in [0.05, 0.1) is 0 Å². The first-order chi connectivity index (χ1) is 14.0. The van der Waals surface area contributed by atoms with Crippen LogP contribution in [0.3, 0.4) is 0 Å². The lowest BCUT2D eigenvalue weighted by Crippen LogP contribution is -2.52. The summed E-state index contributed by atoms with van der Waals surface area (Å²) in [5, 5.41) is 2.31. The first kappa shape index (κ1) is 18.3. The minimum absolute atomic E-state index is 0.00876. The molecule has 0 aromatic heterocycles. The highest BCUT2D eigenvalue weighted by Crippen LogP contribution is 2.37. The topological polar surface area (TPSA) is 86.8 Å². The van der Waals surface area contributed by atoms with Crippen molar-refractivity contribution in [3.05, 3.63) is 34.9 Å². The number of piperidine rings is 1. The minimum atomic E-state index is -0.631. The summed E-state index contributed by atoms with van der Waals surface area (Å²) in [5.41, 5.74) is 1.88. The number of carbonyl (C=O) groups is 4. The van der Waals surface area contributed by atoms with E-state index >= 15 is 0 Å². The third-order valence-electron chi connectivity index (χ3n) is 7.05. The summed E-state index contributed by atoms with van der Waals surface area (Å²) < 4.78 is 0. The van der Waals surface area contributed by atoms with Crippen LogP contribution < -0.4 is 5.32 Å². The number of likely N-dealkylation sites (tertiary alicyclic amines) is 1. The molecule has 1 unspecified atom stereocenters. The number of fused-ring (bicyclic) bond motifs is 2. The van der Waals surface area contributed by atoms with Crippen molar-refractivity contribution in [1.29, 1.82) is 0 Å². The molecule has 0 spiro atoms. The molecule has 3 fully saturated rings. The fourth-order valence-corrected chi connectivity index (χ4v) is 5.51. The summed E-state index contributed by atoms with van der Waals surface area (Å²) in [5.74, 6) is -0.323. The highest BCUT2D eigenvalue weighted by atomic mass is 16.2. The van der Waals surface area contributed by atoms with Gasteiger partial charge in [-0.15, -0.1) is 0 Å². The Balaban J connectivity index is 1.36. The van der Waals surface area contributed by atoms with Gasteiger partial charge in [-0.2, -0.15) is 0 Å². The lowest BCUT2D eigenvalue weighted by molar-refractivity contribution is -0.136. The van der Waals surface area contributed by atoms with Crippen LogP contribution in [0, 0.1) is 5.92 Å². The van der Waals surface area contributed by atoms with Crippen LogP contribution in [0.5, 0.6) is 0 Å². The SMILES string of the molecule is O=C1CCC(N2Cc3ccc(C(=O)N4CC[C@@H]5CCCC[C@@H]54)cc3C2=O)C(=O)N1. The van der Waals surface area contributed by atoms with Gasteiger partial charge in [-0.3, -0.25) is 24.5 Å². The normalized spacial score (nSPS) is 29.0. The highest BCUT2D eigenvalue weighted by molar-refractivity contribution is 6.06. The van der Waals surface area contributed by atoms with E-state index in [2.05, 4.69) is 5.32 Å². The molecular weight excluding hydrogens is 370 g/mol. The zero-order valence-corrected chi connectivity index (χ0v) is 16.4. The van der Waals surface area contributed by atoms with Crippen LogP contribution in [0.4, 0.5) is 0 Å². The number of rotatable bonds is 2. The van der Waals surface area contributed by atoms with Crippen LogP contribution in [0.25, 0.3) is 0 Å². The Kier molecular flexibility index (Phi) is 4.41. The summed E-state index contributed by atoms with van der Waals surface area (Å²) in [6, 6.07) is 5.04. The summed E-state index contributed by atoms with van der Waals surface area (Å²) in [6.45, 7) is 1.13. The first-order valence-electron chi connectivity index (χ1n) is 10.6. The van der Waals surface area contributed by atoms with Crippen molar-refractivity contribution in [2.75, 3.05) is 6.54 Å². The van der Waals surface area contributed by atoms with Gasteiger partial charge in [-0.05, 0) is 49.3 Å². The molecule has 3 atom stereocenters. The Morgan fingerprint density at radius 1 is 1.03 bits per heavy atom. The molecule has 5 rings (SSSR count). The van der Waals surface area contributed by atoms with Gasteiger partial charge < -0.3 is 9.80 Å². The van der Waals surface area contributed by atoms with E-state index in [0.29, 0.717) is 36.1 Å². The molecule has 3 aliphatic heterocycles. The van der Waals surface area contributed by atoms with Crippen molar-refractivity contribution in [2.45, 2.75) is 63.6 Å². The summed E-state index contributed by atoms with van der Waals surface area (Å²) in [7, 11) is 0. The van der Waals surface area contributed by atoms with Crippen LogP contribution in [-0.2, 0) is 16.1 Å². The molecule has 7 nitrogen and oxygen atoms in total. The average Bonchev–Trinajstić information content (AvgIpc) is 3.29. The van der Waals surface area contributed by atoms with Gasteiger partial charge in [0.25, 0.3) is 11.8 Å². The van der Waals surface area contributed by atoms with Crippen molar-refractivity contribution < 1.29 is 19.2 Å². The van der Waals surface area contributed by atoms with Gasteiger partial charge in [-0.1, -0.05) is 18.9 Å². The number of amides is 4. The lowest BCUT2D eigenvalue weighted by atomic mass is 9.85. The Labute approximate surface area is 169 Å². The molecule has 0 radical (unpaired) electrons. The molecule has 1 saturated carbocycles. The average molecular weight is 395 g/mol. The second-order valence-electron chi connectivity index (χ2n) is 8.67. The molecule has 4 aliphatic rings. The van der Waals surface area contributed by atoms with E-state index < -0.39 is 11.9 Å². The van der Waals surface area contributed by atoms with Crippen LogP contribution in [0.1, 0.15) is 71.2 Å². The maximum absolute atomic E-state index is 13.2. The second kappa shape index (κ2) is 6.97. The molecule has 1 aromatic rings. The molecule has 1 aliphatic carbocycles. The van der Waals surface area contributed by atoms with Crippen molar-refractivity contribution >= 4 is 23.6 Å². The van der Waals surface area contributed by atoms with Crippen molar-refractivity contribution in [2.24, 2.45) is 5.92 Å². The molecule has 2 saturated heterocycles. The fourth-order valence-electron chi connectivity index (χ4n) is 5.51. The number of carbonyl (C=O) groups excluding carboxylic acids is 4. The molecule has 3 heterocycles. The molecule has 152 valence electrons. The van der Waals surface area contributed by atoms with Crippen molar-refractivity contribution in [3.63, 3.8) is 0 Å². The third-order valence-corrected chi connectivity index (χ3v) is 7.05. The maximum atomic E-state index is 13.2. The smallest absolute Gasteiger partial charge is 0.255 e. The molecule has 0 bridgehead atoms.